The van der Waals surface area contributed by atoms with Crippen molar-refractivity contribution in [2.45, 2.75) is 13.0 Å². The molecule has 13 heteroatoms. The van der Waals surface area contributed by atoms with Crippen LogP contribution in [0.3, 0.4) is 0 Å². The average Bonchev–Trinajstić information content (AvgIpc) is 3.44. The van der Waals surface area contributed by atoms with Crippen LogP contribution in [0, 0.1) is 0 Å². The third-order valence-corrected chi connectivity index (χ3v) is 5.23. The Morgan fingerprint density at radius 1 is 1.21 bits per heavy atom. The second kappa shape index (κ2) is 10.00. The fourth-order valence-corrected chi connectivity index (χ4v) is 3.52. The van der Waals surface area contributed by atoms with Gasteiger partial charge in [-0.05, 0) is 24.6 Å². The van der Waals surface area contributed by atoms with Gasteiger partial charge in [-0.25, -0.2) is 24.3 Å². The number of anilines is 2. The number of hydrogen-bond donors (Lipinski definition) is 1. The van der Waals surface area contributed by atoms with Gasteiger partial charge >= 0.3 is 6.55 Å². The molecular formula is C21H22ClF2N9O. The van der Waals surface area contributed by atoms with Crippen LogP contribution < -0.4 is 15.4 Å². The summed E-state index contributed by atoms with van der Waals surface area (Å²) < 4.78 is 34.1. The smallest absolute Gasteiger partial charge is 0.333 e. The van der Waals surface area contributed by atoms with Crippen molar-refractivity contribution in [3.8, 4) is 28.5 Å². The van der Waals surface area contributed by atoms with E-state index in [-0.39, 0.29) is 5.15 Å². The van der Waals surface area contributed by atoms with Crippen LogP contribution in [0.5, 0.6) is 5.88 Å². The van der Waals surface area contributed by atoms with Gasteiger partial charge in [0.1, 0.15) is 16.5 Å². The summed E-state index contributed by atoms with van der Waals surface area (Å²) >= 11 is 6.10. The Kier molecular flexibility index (Phi) is 6.87. The van der Waals surface area contributed by atoms with E-state index in [1.54, 1.807) is 36.3 Å². The second-order valence-corrected chi connectivity index (χ2v) is 7.79. The SMILES string of the molecule is CN(CCCOc1c(-c2nccc(N)n2)cnn1C)c1cc(Cl)ncc1-c1ccn(C(F)F)n1. The van der Waals surface area contributed by atoms with Gasteiger partial charge in [0, 0.05) is 44.8 Å². The average molecular weight is 490 g/mol. The first-order valence-corrected chi connectivity index (χ1v) is 10.7. The van der Waals surface area contributed by atoms with E-state index in [0.717, 1.165) is 0 Å². The molecule has 4 rings (SSSR count). The predicted octanol–water partition coefficient (Wildman–Crippen LogP) is 3.67. The number of ether oxygens (including phenoxy) is 1. The Bertz CT molecular complexity index is 1280. The van der Waals surface area contributed by atoms with E-state index in [0.29, 0.717) is 64.3 Å². The van der Waals surface area contributed by atoms with E-state index in [1.807, 2.05) is 11.9 Å². The zero-order valence-electron chi connectivity index (χ0n) is 18.4. The number of halogens is 3. The number of pyridine rings is 1. The lowest BCUT2D eigenvalue weighted by atomic mass is 10.1. The van der Waals surface area contributed by atoms with Crippen LogP contribution >= 0.6 is 11.6 Å². The Morgan fingerprint density at radius 2 is 2.03 bits per heavy atom. The fraction of sp³-hybridized carbons (Fsp3) is 0.286. The van der Waals surface area contributed by atoms with Crippen LogP contribution in [0.15, 0.2) is 43.0 Å². The molecule has 10 nitrogen and oxygen atoms in total. The van der Waals surface area contributed by atoms with Gasteiger partial charge in [-0.2, -0.15) is 19.0 Å². The molecule has 34 heavy (non-hydrogen) atoms. The number of aromatic nitrogens is 7. The number of nitrogen functional groups attached to an aromatic ring is 1. The second-order valence-electron chi connectivity index (χ2n) is 7.40. The molecule has 0 saturated carbocycles. The lowest BCUT2D eigenvalue weighted by Gasteiger charge is -2.22. The molecule has 0 amide bonds. The first-order chi connectivity index (χ1) is 16.3. The van der Waals surface area contributed by atoms with Gasteiger partial charge in [0.25, 0.3) is 0 Å². The lowest BCUT2D eigenvalue weighted by molar-refractivity contribution is 0.0568. The first kappa shape index (κ1) is 23.4. The van der Waals surface area contributed by atoms with Crippen molar-refractivity contribution < 1.29 is 13.5 Å². The number of hydrogen-bond acceptors (Lipinski definition) is 8. The third-order valence-electron chi connectivity index (χ3n) is 5.02. The van der Waals surface area contributed by atoms with Crippen molar-refractivity contribution in [2.75, 3.05) is 30.8 Å². The highest BCUT2D eigenvalue weighted by Gasteiger charge is 2.17. The highest BCUT2D eigenvalue weighted by atomic mass is 35.5. The molecule has 178 valence electrons. The van der Waals surface area contributed by atoms with Crippen LogP contribution in [0.2, 0.25) is 5.15 Å². The fourth-order valence-electron chi connectivity index (χ4n) is 3.37. The Balaban J connectivity index is 1.43. The normalized spacial score (nSPS) is 11.2. The number of nitrogens with two attached hydrogens (primary N) is 1. The molecule has 0 aliphatic carbocycles. The van der Waals surface area contributed by atoms with Crippen molar-refractivity contribution >= 4 is 23.1 Å². The zero-order chi connectivity index (χ0) is 24.2. The molecule has 4 aromatic heterocycles. The molecule has 0 saturated heterocycles. The van der Waals surface area contributed by atoms with Crippen LogP contribution in [0.25, 0.3) is 22.6 Å². The van der Waals surface area contributed by atoms with Crippen molar-refractivity contribution in [2.24, 2.45) is 7.05 Å². The minimum atomic E-state index is -2.72. The summed E-state index contributed by atoms with van der Waals surface area (Å²) in [6, 6.07) is 4.79. The maximum absolute atomic E-state index is 12.9. The van der Waals surface area contributed by atoms with E-state index in [2.05, 4.69) is 25.1 Å². The molecule has 0 atom stereocenters. The van der Waals surface area contributed by atoms with Crippen LogP contribution in [-0.2, 0) is 7.05 Å². The number of rotatable bonds is 9. The summed E-state index contributed by atoms with van der Waals surface area (Å²) in [5.41, 5.74) is 8.09. The molecule has 4 heterocycles. The van der Waals surface area contributed by atoms with Crippen LogP contribution in [-0.4, -0.2) is 54.7 Å². The summed E-state index contributed by atoms with van der Waals surface area (Å²) in [6.45, 7) is -1.75. The number of aryl methyl sites for hydroxylation is 1. The quantitative estimate of drug-likeness (QED) is 0.280. The molecule has 0 unspecified atom stereocenters. The van der Waals surface area contributed by atoms with Crippen LogP contribution in [0.4, 0.5) is 20.3 Å². The summed E-state index contributed by atoms with van der Waals surface area (Å²) in [5, 5.41) is 8.46. The maximum Gasteiger partial charge on any atom is 0.333 e. The Morgan fingerprint density at radius 3 is 2.76 bits per heavy atom. The molecule has 0 aliphatic rings. The van der Waals surface area contributed by atoms with Gasteiger partial charge in [-0.15, -0.1) is 0 Å². The summed E-state index contributed by atoms with van der Waals surface area (Å²) in [7, 11) is 3.64. The molecule has 0 aromatic carbocycles. The van der Waals surface area contributed by atoms with E-state index in [9.17, 15) is 8.78 Å². The maximum atomic E-state index is 12.9. The van der Waals surface area contributed by atoms with Gasteiger partial charge in [0.15, 0.2) is 5.82 Å². The van der Waals surface area contributed by atoms with E-state index in [4.69, 9.17) is 22.1 Å². The predicted molar refractivity (Wildman–Crippen MR) is 124 cm³/mol. The first-order valence-electron chi connectivity index (χ1n) is 10.3. The molecule has 0 aliphatic heterocycles. The van der Waals surface area contributed by atoms with Crippen molar-refractivity contribution in [1.82, 2.24) is 34.5 Å². The topological polar surface area (TPSA) is 113 Å². The van der Waals surface area contributed by atoms with Gasteiger partial charge in [-0.1, -0.05) is 11.6 Å². The van der Waals surface area contributed by atoms with Gasteiger partial charge in [0.2, 0.25) is 5.88 Å². The highest BCUT2D eigenvalue weighted by Crippen LogP contribution is 2.31. The molecule has 0 spiro atoms. The monoisotopic (exact) mass is 489 g/mol. The highest BCUT2D eigenvalue weighted by molar-refractivity contribution is 6.29. The molecule has 0 fully saturated rings. The molecule has 4 aromatic rings. The Labute approximate surface area is 199 Å². The van der Waals surface area contributed by atoms with Crippen molar-refractivity contribution in [3.63, 3.8) is 0 Å². The summed E-state index contributed by atoms with van der Waals surface area (Å²) in [4.78, 5) is 14.5. The summed E-state index contributed by atoms with van der Waals surface area (Å²) in [6.07, 6.45) is 6.59. The lowest BCUT2D eigenvalue weighted by Crippen LogP contribution is -2.21. The molecule has 0 radical (unpaired) electrons. The van der Waals surface area contributed by atoms with Crippen molar-refractivity contribution in [1.29, 1.82) is 0 Å². The molecular weight excluding hydrogens is 468 g/mol. The minimum Gasteiger partial charge on any atom is -0.477 e. The number of alkyl halides is 2. The largest absolute Gasteiger partial charge is 0.477 e. The van der Waals surface area contributed by atoms with Crippen molar-refractivity contribution in [3.05, 3.63) is 48.1 Å². The zero-order valence-corrected chi connectivity index (χ0v) is 19.2. The molecule has 0 bridgehead atoms. The molecule has 2 N–H and O–H groups in total. The van der Waals surface area contributed by atoms with E-state index < -0.39 is 6.55 Å². The summed E-state index contributed by atoms with van der Waals surface area (Å²) in [5.74, 6) is 1.31. The van der Waals surface area contributed by atoms with Crippen LogP contribution in [0.1, 0.15) is 13.0 Å². The minimum absolute atomic E-state index is 0.289. The Hall–Kier alpha value is -3.80. The third kappa shape index (κ3) is 5.06. The van der Waals surface area contributed by atoms with Gasteiger partial charge in [-0.3, -0.25) is 0 Å². The van der Waals surface area contributed by atoms with E-state index >= 15 is 0 Å². The van der Waals surface area contributed by atoms with E-state index in [1.165, 1.54) is 18.5 Å². The van der Waals surface area contributed by atoms with Gasteiger partial charge in [0.05, 0.1) is 24.2 Å². The van der Waals surface area contributed by atoms with Gasteiger partial charge < -0.3 is 15.4 Å². The number of nitrogens with zero attached hydrogens (tertiary/aromatic N) is 8. The standard InChI is InChI=1S/C21H22ClF2N9O/c1-31(16-10-17(22)27-11-13(16)15-5-8-33(30-15)21(23)24)7-3-9-34-20-14(12-28-32(20)2)19-26-6-4-18(25)29-19/h4-6,8,10-12,21H,3,7,9H2,1-2H3,(H2,25,26,29).